The van der Waals surface area contributed by atoms with Gasteiger partial charge in [-0.25, -0.2) is 4.79 Å². The molecule has 0 amide bonds. The van der Waals surface area contributed by atoms with Crippen LogP contribution in [0, 0.1) is 0 Å². The van der Waals surface area contributed by atoms with Crippen molar-refractivity contribution in [3.63, 3.8) is 0 Å². The van der Waals surface area contributed by atoms with Gasteiger partial charge in [-0.1, -0.05) is 59.8 Å². The molecule has 2 rings (SSSR count). The van der Waals surface area contributed by atoms with E-state index >= 15 is 0 Å². The Morgan fingerprint density at radius 2 is 1.47 bits per heavy atom. The molecular weight excluding hydrogens is 238 g/mol. The molecule has 0 bridgehead atoms. The first-order valence-corrected chi connectivity index (χ1v) is 6.05. The molecule has 96 valence electrons. The molecule has 0 aromatic heterocycles. The van der Waals surface area contributed by atoms with Crippen molar-refractivity contribution in [1.29, 1.82) is 0 Å². The second kappa shape index (κ2) is 5.96. The molecule has 0 aliphatic carbocycles. The van der Waals surface area contributed by atoms with Crippen LogP contribution >= 0.6 is 0 Å². The van der Waals surface area contributed by atoms with Crippen LogP contribution in [0.15, 0.2) is 59.8 Å². The summed E-state index contributed by atoms with van der Waals surface area (Å²) in [6.07, 6.45) is 0. The average Bonchev–Trinajstić information content (AvgIpc) is 2.46. The van der Waals surface area contributed by atoms with Crippen LogP contribution < -0.4 is 0 Å². The van der Waals surface area contributed by atoms with E-state index in [1.54, 1.807) is 6.92 Å². The Kier molecular flexibility index (Phi) is 4.08. The fourth-order valence-electron chi connectivity index (χ4n) is 1.72. The summed E-state index contributed by atoms with van der Waals surface area (Å²) >= 11 is 0. The van der Waals surface area contributed by atoms with E-state index in [2.05, 4.69) is 22.1 Å². The van der Waals surface area contributed by atoms with Crippen molar-refractivity contribution in [2.45, 2.75) is 13.8 Å². The topological polar surface area (TPSA) is 38.7 Å². The van der Waals surface area contributed by atoms with Gasteiger partial charge in [0, 0.05) is 6.92 Å². The zero-order chi connectivity index (χ0) is 13.7. The SMILES string of the molecule is CC(=O)O/N=C(\C)c1ccc(-c2ccccc2)cc1. The minimum Gasteiger partial charge on any atom is -0.318 e. The molecule has 0 unspecified atom stereocenters. The van der Waals surface area contributed by atoms with Gasteiger partial charge in [-0.05, 0) is 23.6 Å². The van der Waals surface area contributed by atoms with Crippen LogP contribution in [-0.2, 0) is 9.63 Å². The van der Waals surface area contributed by atoms with Crippen LogP contribution in [0.1, 0.15) is 19.4 Å². The van der Waals surface area contributed by atoms with Crippen molar-refractivity contribution in [2.75, 3.05) is 0 Å². The van der Waals surface area contributed by atoms with Gasteiger partial charge in [0.1, 0.15) is 0 Å². The monoisotopic (exact) mass is 253 g/mol. The second-order valence-corrected chi connectivity index (χ2v) is 4.20. The minimum atomic E-state index is -0.416. The lowest BCUT2D eigenvalue weighted by Gasteiger charge is -2.04. The van der Waals surface area contributed by atoms with E-state index in [9.17, 15) is 4.79 Å². The summed E-state index contributed by atoms with van der Waals surface area (Å²) in [6, 6.07) is 18.1. The number of oxime groups is 1. The highest BCUT2D eigenvalue weighted by Gasteiger charge is 2.01. The van der Waals surface area contributed by atoms with Crippen LogP contribution in [0.3, 0.4) is 0 Å². The molecule has 2 aromatic carbocycles. The van der Waals surface area contributed by atoms with Crippen molar-refractivity contribution in [3.05, 3.63) is 60.2 Å². The quantitative estimate of drug-likeness (QED) is 0.476. The van der Waals surface area contributed by atoms with Gasteiger partial charge < -0.3 is 4.84 Å². The van der Waals surface area contributed by atoms with Gasteiger partial charge in [-0.2, -0.15) is 0 Å². The molecule has 0 spiro atoms. The molecule has 0 fully saturated rings. The largest absolute Gasteiger partial charge is 0.331 e. The molecule has 0 radical (unpaired) electrons. The molecule has 0 saturated heterocycles. The normalized spacial score (nSPS) is 11.2. The summed E-state index contributed by atoms with van der Waals surface area (Å²) in [6.45, 7) is 3.13. The van der Waals surface area contributed by atoms with Crippen LogP contribution in [0.5, 0.6) is 0 Å². The minimum absolute atomic E-state index is 0.416. The van der Waals surface area contributed by atoms with Gasteiger partial charge in [0.15, 0.2) is 0 Å². The summed E-state index contributed by atoms with van der Waals surface area (Å²) < 4.78 is 0. The lowest BCUT2D eigenvalue weighted by Crippen LogP contribution is -1.99. The van der Waals surface area contributed by atoms with Crippen molar-refractivity contribution < 1.29 is 9.63 Å². The highest BCUT2D eigenvalue weighted by atomic mass is 16.7. The highest BCUT2D eigenvalue weighted by Crippen LogP contribution is 2.19. The summed E-state index contributed by atoms with van der Waals surface area (Å²) in [5.41, 5.74) is 3.92. The molecule has 2 aromatic rings. The van der Waals surface area contributed by atoms with E-state index in [1.807, 2.05) is 42.5 Å². The fourth-order valence-corrected chi connectivity index (χ4v) is 1.72. The first-order valence-electron chi connectivity index (χ1n) is 6.05. The Morgan fingerprint density at radius 3 is 2.05 bits per heavy atom. The second-order valence-electron chi connectivity index (χ2n) is 4.20. The highest BCUT2D eigenvalue weighted by molar-refractivity contribution is 5.99. The average molecular weight is 253 g/mol. The predicted octanol–water partition coefficient (Wildman–Crippen LogP) is 3.64. The van der Waals surface area contributed by atoms with Crippen LogP contribution in [-0.4, -0.2) is 11.7 Å². The van der Waals surface area contributed by atoms with Gasteiger partial charge >= 0.3 is 5.97 Å². The number of nitrogens with zero attached hydrogens (tertiary/aromatic N) is 1. The third-order valence-electron chi connectivity index (χ3n) is 2.72. The van der Waals surface area contributed by atoms with E-state index < -0.39 is 5.97 Å². The molecule has 0 heterocycles. The predicted molar refractivity (Wildman–Crippen MR) is 75.9 cm³/mol. The summed E-state index contributed by atoms with van der Waals surface area (Å²) in [5, 5.41) is 3.76. The fraction of sp³-hybridized carbons (Fsp3) is 0.125. The van der Waals surface area contributed by atoms with E-state index in [4.69, 9.17) is 0 Å². The summed E-state index contributed by atoms with van der Waals surface area (Å²) in [5.74, 6) is -0.416. The van der Waals surface area contributed by atoms with E-state index in [0.29, 0.717) is 5.71 Å². The maximum Gasteiger partial charge on any atom is 0.331 e. The molecule has 3 heteroatoms. The Bertz CT molecular complexity index is 586. The van der Waals surface area contributed by atoms with Gasteiger partial charge in [0.25, 0.3) is 0 Å². The lowest BCUT2D eigenvalue weighted by atomic mass is 10.0. The van der Waals surface area contributed by atoms with Crippen LogP contribution in [0.2, 0.25) is 0 Å². The molecule has 0 atom stereocenters. The van der Waals surface area contributed by atoms with Crippen molar-refractivity contribution in [2.24, 2.45) is 5.16 Å². The van der Waals surface area contributed by atoms with Crippen molar-refractivity contribution >= 4 is 11.7 Å². The third-order valence-corrected chi connectivity index (χ3v) is 2.72. The maximum atomic E-state index is 10.7. The molecule has 0 aliphatic heterocycles. The van der Waals surface area contributed by atoms with Crippen LogP contribution in [0.4, 0.5) is 0 Å². The number of hydrogen-bond donors (Lipinski definition) is 0. The number of carbonyl (C=O) groups is 1. The Balaban J connectivity index is 2.19. The molecule has 0 N–H and O–H groups in total. The molecule has 0 aliphatic rings. The number of hydrogen-bond acceptors (Lipinski definition) is 3. The Hall–Kier alpha value is -2.42. The maximum absolute atomic E-state index is 10.7. The van der Waals surface area contributed by atoms with E-state index in [-0.39, 0.29) is 0 Å². The van der Waals surface area contributed by atoms with Gasteiger partial charge in [0.2, 0.25) is 0 Å². The first kappa shape index (κ1) is 13.0. The van der Waals surface area contributed by atoms with Gasteiger partial charge in [-0.15, -0.1) is 0 Å². The van der Waals surface area contributed by atoms with Gasteiger partial charge in [-0.3, -0.25) is 0 Å². The molecule has 0 saturated carbocycles. The van der Waals surface area contributed by atoms with E-state index in [1.165, 1.54) is 12.5 Å². The number of benzene rings is 2. The number of carbonyl (C=O) groups excluding carboxylic acids is 1. The smallest absolute Gasteiger partial charge is 0.318 e. The summed E-state index contributed by atoms with van der Waals surface area (Å²) in [7, 11) is 0. The van der Waals surface area contributed by atoms with Crippen molar-refractivity contribution in [1.82, 2.24) is 0 Å². The zero-order valence-electron chi connectivity index (χ0n) is 11.0. The first-order chi connectivity index (χ1) is 9.16. The van der Waals surface area contributed by atoms with Crippen molar-refractivity contribution in [3.8, 4) is 11.1 Å². The third kappa shape index (κ3) is 3.52. The lowest BCUT2D eigenvalue weighted by molar-refractivity contribution is -0.140. The molecule has 19 heavy (non-hydrogen) atoms. The zero-order valence-corrected chi connectivity index (χ0v) is 11.0. The standard InChI is InChI=1S/C16H15NO2/c1-12(17-19-13(2)18)14-8-10-16(11-9-14)15-6-4-3-5-7-15/h3-11H,1-2H3/b17-12+. The number of rotatable bonds is 3. The van der Waals surface area contributed by atoms with Crippen LogP contribution in [0.25, 0.3) is 11.1 Å². The van der Waals surface area contributed by atoms with Gasteiger partial charge in [0.05, 0.1) is 5.71 Å². The Labute approximate surface area is 112 Å². The molecule has 3 nitrogen and oxygen atoms in total. The summed E-state index contributed by atoms with van der Waals surface area (Å²) in [4.78, 5) is 15.3. The van der Waals surface area contributed by atoms with E-state index in [0.717, 1.165) is 11.1 Å². The molecular formula is C16H15NO2. The Morgan fingerprint density at radius 1 is 0.895 bits per heavy atom.